The third-order valence-electron chi connectivity index (χ3n) is 3.29. The van der Waals surface area contributed by atoms with Crippen molar-refractivity contribution in [2.75, 3.05) is 0 Å². The lowest BCUT2D eigenvalue weighted by molar-refractivity contribution is 0.796. The van der Waals surface area contributed by atoms with Gasteiger partial charge in [0.2, 0.25) is 0 Å². The zero-order valence-corrected chi connectivity index (χ0v) is 12.1. The average molecular weight is 283 g/mol. The maximum absolute atomic E-state index is 8.99. The van der Waals surface area contributed by atoms with Gasteiger partial charge in [-0.05, 0) is 43.1 Å². The van der Waals surface area contributed by atoms with E-state index in [1.807, 2.05) is 18.2 Å². The molecule has 20 heavy (non-hydrogen) atoms. The highest BCUT2D eigenvalue weighted by atomic mass is 32.1. The van der Waals surface area contributed by atoms with E-state index in [9.17, 15) is 0 Å². The number of hydrogen-bond acceptors (Lipinski definition) is 5. The van der Waals surface area contributed by atoms with Gasteiger partial charge in [0.25, 0.3) is 0 Å². The highest BCUT2D eigenvalue weighted by molar-refractivity contribution is 7.09. The summed E-state index contributed by atoms with van der Waals surface area (Å²) in [4.78, 5) is 5.70. The Morgan fingerprint density at radius 2 is 2.20 bits per heavy atom. The minimum absolute atomic E-state index is 0.628. The molecule has 0 aliphatic carbocycles. The zero-order valence-electron chi connectivity index (χ0n) is 11.3. The van der Waals surface area contributed by atoms with Crippen molar-refractivity contribution in [1.29, 1.82) is 5.26 Å². The molecule has 2 heterocycles. The third kappa shape index (κ3) is 1.87. The van der Waals surface area contributed by atoms with Gasteiger partial charge in [0.1, 0.15) is 4.88 Å². The standard InChI is InChI=1S/C14H13N5S/c1-3-10-13(20-18-17-10)14-16-11-7-9(8-15)5-6-12(11)19(14)4-2/h5-7H,3-4H2,1-2H3. The smallest absolute Gasteiger partial charge is 0.154 e. The molecule has 0 aliphatic rings. The van der Waals surface area contributed by atoms with Crippen LogP contribution in [0, 0.1) is 11.3 Å². The van der Waals surface area contributed by atoms with Gasteiger partial charge in [-0.2, -0.15) is 5.26 Å². The molecule has 0 amide bonds. The van der Waals surface area contributed by atoms with Gasteiger partial charge in [0.05, 0.1) is 28.4 Å². The van der Waals surface area contributed by atoms with E-state index >= 15 is 0 Å². The van der Waals surface area contributed by atoms with Gasteiger partial charge in [-0.25, -0.2) is 4.98 Å². The van der Waals surface area contributed by atoms with Crippen LogP contribution in [-0.4, -0.2) is 19.1 Å². The molecule has 3 aromatic rings. The van der Waals surface area contributed by atoms with Crippen LogP contribution in [0.4, 0.5) is 0 Å². The average Bonchev–Trinajstić information content (AvgIpc) is 3.09. The maximum Gasteiger partial charge on any atom is 0.154 e. The molecule has 0 spiro atoms. The quantitative estimate of drug-likeness (QED) is 0.741. The Labute approximate surface area is 120 Å². The first-order valence-corrected chi connectivity index (χ1v) is 7.27. The van der Waals surface area contributed by atoms with Crippen LogP contribution in [0.5, 0.6) is 0 Å². The largest absolute Gasteiger partial charge is 0.323 e. The number of fused-ring (bicyclic) bond motifs is 1. The van der Waals surface area contributed by atoms with E-state index in [-0.39, 0.29) is 0 Å². The van der Waals surface area contributed by atoms with Gasteiger partial charge in [-0.15, -0.1) is 5.10 Å². The first-order chi connectivity index (χ1) is 9.78. The molecule has 3 rings (SSSR count). The summed E-state index contributed by atoms with van der Waals surface area (Å²) in [6.07, 6.45) is 0.836. The Morgan fingerprint density at radius 1 is 1.35 bits per heavy atom. The molecule has 0 N–H and O–H groups in total. The zero-order chi connectivity index (χ0) is 14.1. The highest BCUT2D eigenvalue weighted by Crippen LogP contribution is 2.29. The fraction of sp³-hybridized carbons (Fsp3) is 0.286. The van der Waals surface area contributed by atoms with E-state index < -0.39 is 0 Å². The molecule has 6 heteroatoms. The lowest BCUT2D eigenvalue weighted by Crippen LogP contribution is -1.98. The summed E-state index contributed by atoms with van der Waals surface area (Å²) >= 11 is 1.37. The van der Waals surface area contributed by atoms with Crippen LogP contribution in [0.1, 0.15) is 25.1 Å². The lowest BCUT2D eigenvalue weighted by atomic mass is 10.2. The summed E-state index contributed by atoms with van der Waals surface area (Å²) in [5.41, 5.74) is 3.48. The third-order valence-corrected chi connectivity index (χ3v) is 4.05. The van der Waals surface area contributed by atoms with E-state index in [2.05, 4.69) is 39.1 Å². The van der Waals surface area contributed by atoms with Crippen molar-refractivity contribution >= 4 is 22.6 Å². The Hall–Kier alpha value is -2.26. The molecule has 2 aromatic heterocycles. The number of aromatic nitrogens is 4. The number of benzene rings is 1. The number of nitriles is 1. The minimum Gasteiger partial charge on any atom is -0.323 e. The van der Waals surface area contributed by atoms with Crippen LogP contribution in [0.15, 0.2) is 18.2 Å². The van der Waals surface area contributed by atoms with Gasteiger partial charge in [0, 0.05) is 6.54 Å². The Morgan fingerprint density at radius 3 is 2.90 bits per heavy atom. The fourth-order valence-electron chi connectivity index (χ4n) is 2.30. The molecule has 0 saturated heterocycles. The maximum atomic E-state index is 8.99. The number of aryl methyl sites for hydroxylation is 2. The molecule has 0 radical (unpaired) electrons. The number of rotatable bonds is 3. The van der Waals surface area contributed by atoms with Crippen molar-refractivity contribution in [3.8, 4) is 16.8 Å². The van der Waals surface area contributed by atoms with Crippen LogP contribution >= 0.6 is 11.5 Å². The van der Waals surface area contributed by atoms with Crippen molar-refractivity contribution in [3.05, 3.63) is 29.5 Å². The second-order valence-corrected chi connectivity index (χ2v) is 5.15. The summed E-state index contributed by atoms with van der Waals surface area (Å²) in [6.45, 7) is 4.97. The number of hydrogen-bond donors (Lipinski definition) is 0. The topological polar surface area (TPSA) is 67.4 Å². The summed E-state index contributed by atoms with van der Waals surface area (Å²) in [7, 11) is 0. The fourth-order valence-corrected chi connectivity index (χ4v) is 3.05. The minimum atomic E-state index is 0.628. The molecule has 5 nitrogen and oxygen atoms in total. The van der Waals surface area contributed by atoms with Gasteiger partial charge in [-0.3, -0.25) is 0 Å². The molecule has 0 atom stereocenters. The second-order valence-electron chi connectivity index (χ2n) is 4.40. The second kappa shape index (κ2) is 5.02. The van der Waals surface area contributed by atoms with Gasteiger partial charge in [0.15, 0.2) is 5.82 Å². The van der Waals surface area contributed by atoms with E-state index in [0.29, 0.717) is 5.56 Å². The van der Waals surface area contributed by atoms with Crippen LogP contribution < -0.4 is 0 Å². The summed E-state index contributed by atoms with van der Waals surface area (Å²) in [5.74, 6) is 0.893. The van der Waals surface area contributed by atoms with Gasteiger partial charge < -0.3 is 4.57 Å². The SMILES string of the molecule is CCc1nnsc1-c1nc2cc(C#N)ccc2n1CC. The molecule has 0 unspecified atom stereocenters. The molecular formula is C14H13N5S. The molecule has 0 bridgehead atoms. The van der Waals surface area contributed by atoms with Crippen LogP contribution in [-0.2, 0) is 13.0 Å². The summed E-state index contributed by atoms with van der Waals surface area (Å²) < 4.78 is 6.18. The predicted molar refractivity (Wildman–Crippen MR) is 78.4 cm³/mol. The van der Waals surface area contributed by atoms with Crippen LogP contribution in [0.2, 0.25) is 0 Å². The van der Waals surface area contributed by atoms with Crippen molar-refractivity contribution in [2.24, 2.45) is 0 Å². The van der Waals surface area contributed by atoms with Crippen molar-refractivity contribution in [1.82, 2.24) is 19.1 Å². The molecule has 0 saturated carbocycles. The normalized spacial score (nSPS) is 10.8. The monoisotopic (exact) mass is 283 g/mol. The molecule has 100 valence electrons. The first-order valence-electron chi connectivity index (χ1n) is 6.50. The van der Waals surface area contributed by atoms with Crippen LogP contribution in [0.3, 0.4) is 0 Å². The van der Waals surface area contributed by atoms with E-state index in [1.165, 1.54) is 11.5 Å². The van der Waals surface area contributed by atoms with E-state index in [4.69, 9.17) is 5.26 Å². The number of nitrogens with zero attached hydrogens (tertiary/aromatic N) is 5. The number of imidazole rings is 1. The summed E-state index contributed by atoms with van der Waals surface area (Å²) in [6, 6.07) is 7.75. The molecule has 0 aliphatic heterocycles. The van der Waals surface area contributed by atoms with Crippen molar-refractivity contribution in [2.45, 2.75) is 26.8 Å². The molecule has 1 aromatic carbocycles. The predicted octanol–water partition coefficient (Wildman–Crippen LogP) is 3.01. The summed E-state index contributed by atoms with van der Waals surface area (Å²) in [5, 5.41) is 13.1. The van der Waals surface area contributed by atoms with Crippen LogP contribution in [0.25, 0.3) is 21.7 Å². The lowest BCUT2D eigenvalue weighted by Gasteiger charge is -2.04. The Kier molecular flexibility index (Phi) is 3.20. The van der Waals surface area contributed by atoms with Crippen molar-refractivity contribution < 1.29 is 0 Å². The Balaban J connectivity index is 2.28. The van der Waals surface area contributed by atoms with Gasteiger partial charge in [-0.1, -0.05) is 11.4 Å². The first kappa shape index (κ1) is 12.8. The van der Waals surface area contributed by atoms with Gasteiger partial charge >= 0.3 is 0 Å². The molecular weight excluding hydrogens is 270 g/mol. The van der Waals surface area contributed by atoms with E-state index in [0.717, 1.165) is 40.4 Å². The van der Waals surface area contributed by atoms with Crippen molar-refractivity contribution in [3.63, 3.8) is 0 Å². The molecule has 0 fully saturated rings. The highest BCUT2D eigenvalue weighted by Gasteiger charge is 2.17. The van der Waals surface area contributed by atoms with E-state index in [1.54, 1.807) is 0 Å². The Bertz CT molecular complexity index is 809.